The van der Waals surface area contributed by atoms with Gasteiger partial charge in [-0.15, -0.1) is 0 Å². The largest absolute Gasteiger partial charge is 0.481 e. The molecule has 0 spiro atoms. The number of halogens is 4. The Bertz CT molecular complexity index is 3120. The van der Waals surface area contributed by atoms with Gasteiger partial charge in [0, 0.05) is 162 Å². The number of nitrogens with zero attached hydrogens (tertiary/aromatic N) is 6. The number of alkyl halides is 4. The maximum atomic E-state index is 12.8. The summed E-state index contributed by atoms with van der Waals surface area (Å²) in [6.45, 7) is -0.964. The molecule has 4 aromatic carbocycles. The van der Waals surface area contributed by atoms with Crippen LogP contribution in [0, 0.1) is 25.7 Å². The van der Waals surface area contributed by atoms with Gasteiger partial charge in [-0.2, -0.15) is 17.6 Å². The van der Waals surface area contributed by atoms with Crippen LogP contribution >= 0.6 is 0 Å². The van der Waals surface area contributed by atoms with E-state index in [-0.39, 0.29) is 54.4 Å². The molecule has 2 aliphatic carbocycles. The molecule has 10 rings (SSSR count). The Morgan fingerprint density at radius 3 is 1.43 bits per heavy atom. The van der Waals surface area contributed by atoms with Crippen LogP contribution in [0.4, 0.5) is 52.2 Å². The number of carbonyl (C=O) groups excluding carboxylic acids is 3. The summed E-state index contributed by atoms with van der Waals surface area (Å²) in [6.07, 6.45) is 9.69. The number of likely N-dealkylation sites (tertiary alicyclic amines) is 2. The Balaban J connectivity index is 0.000000180. The average molecular weight is 1100 g/mol. The number of benzene rings is 4. The number of nitrogens with one attached hydrogen (secondary N) is 3. The minimum absolute atomic E-state index is 0.0184. The van der Waals surface area contributed by atoms with E-state index in [0.717, 1.165) is 59.2 Å². The van der Waals surface area contributed by atoms with E-state index in [1.54, 1.807) is 54.0 Å². The van der Waals surface area contributed by atoms with Gasteiger partial charge >= 0.3 is 19.2 Å². The minimum Gasteiger partial charge on any atom is -0.481 e. The number of ether oxygens (including phenoxy) is 2. The van der Waals surface area contributed by atoms with Crippen LogP contribution in [0.2, 0.25) is 0 Å². The second-order valence-corrected chi connectivity index (χ2v) is 19.9. The third-order valence-corrected chi connectivity index (χ3v) is 13.5. The number of carboxylic acid groups (broad SMARTS) is 1. The molecule has 2 aliphatic heterocycles. The Labute approximate surface area is 481 Å². The van der Waals surface area contributed by atoms with Crippen molar-refractivity contribution in [2.75, 3.05) is 34.8 Å². The van der Waals surface area contributed by atoms with E-state index in [4.69, 9.17) is 49.5 Å². The number of hydrogen-bond donors (Lipinski definition) is 5. The highest BCUT2D eigenvalue weighted by Crippen LogP contribution is 2.35. The van der Waals surface area contributed by atoms with Gasteiger partial charge in [-0.25, -0.2) is 19.9 Å². The molecule has 11 radical (unpaired) electrons. The van der Waals surface area contributed by atoms with Crippen molar-refractivity contribution in [2.24, 2.45) is 11.8 Å². The van der Waals surface area contributed by atoms with Crippen molar-refractivity contribution in [3.8, 4) is 33.8 Å². The molecule has 17 nitrogen and oxygen atoms in total. The number of nitrogen functional groups attached to an aromatic ring is 1. The lowest BCUT2D eigenvalue weighted by molar-refractivity contribution is -0.141. The highest BCUT2D eigenvalue weighted by molar-refractivity contribution is 7.93. The molecule has 407 valence electrons. The fraction of sp³-hybridized carbons (Fsp3) is 0.308. The summed E-state index contributed by atoms with van der Waals surface area (Å²) in [7, 11) is 27.5. The second-order valence-electron chi connectivity index (χ2n) is 19.9. The van der Waals surface area contributed by atoms with Gasteiger partial charge < -0.3 is 46.1 Å². The van der Waals surface area contributed by atoms with E-state index in [2.05, 4.69) is 45.4 Å². The number of nitrogens with two attached hydrogens (primary N) is 1. The summed E-state index contributed by atoms with van der Waals surface area (Å²) >= 11 is 0. The Hall–Kier alpha value is -7.78. The molecule has 6 N–H and O–H groups in total. The molecule has 4 fully saturated rings. The van der Waals surface area contributed by atoms with Crippen LogP contribution in [0.1, 0.15) is 49.7 Å². The third-order valence-electron chi connectivity index (χ3n) is 13.5. The van der Waals surface area contributed by atoms with Crippen molar-refractivity contribution < 1.29 is 51.3 Å². The molecule has 3 amide bonds. The van der Waals surface area contributed by atoms with E-state index < -0.39 is 37.9 Å². The summed E-state index contributed by atoms with van der Waals surface area (Å²) in [6, 6.07) is 24.4. The number of hydrogen-bond acceptors (Lipinski definition) is 13. The van der Waals surface area contributed by atoms with E-state index in [0.29, 0.717) is 59.7 Å². The van der Waals surface area contributed by atoms with Crippen molar-refractivity contribution >= 4 is 123 Å². The van der Waals surface area contributed by atoms with Crippen LogP contribution in [0.5, 0.6) is 11.5 Å². The summed E-state index contributed by atoms with van der Waals surface area (Å²) in [5.41, 5.74) is 13.6. The van der Waals surface area contributed by atoms with Crippen LogP contribution in [-0.2, 0) is 19.2 Å². The molecule has 2 aromatic heterocycles. The first-order valence-corrected chi connectivity index (χ1v) is 26.1. The number of aliphatic carboxylic acids is 1. The Kier molecular flexibility index (Phi) is 21.7. The first-order valence-electron chi connectivity index (χ1n) is 26.1. The van der Waals surface area contributed by atoms with Gasteiger partial charge in [0.05, 0.1) is 11.8 Å². The van der Waals surface area contributed by atoms with Gasteiger partial charge in [0.2, 0.25) is 29.6 Å². The molecule has 2 atom stereocenters. The van der Waals surface area contributed by atoms with Crippen LogP contribution < -0.4 is 31.2 Å². The Morgan fingerprint density at radius 1 is 0.646 bits per heavy atom. The van der Waals surface area contributed by atoms with Crippen molar-refractivity contribution in [1.29, 1.82) is 0 Å². The monoisotopic (exact) mass is 1100 g/mol. The lowest BCUT2D eigenvalue weighted by atomic mass is 8.64. The van der Waals surface area contributed by atoms with Crippen LogP contribution in [-0.4, -0.2) is 162 Å². The number of aryl methyl sites for hydroxylation is 2. The predicted octanol–water partition coefficient (Wildman–Crippen LogP) is 5.78. The molecule has 4 heterocycles. The maximum absolute atomic E-state index is 12.8. The highest BCUT2D eigenvalue weighted by atomic mass is 19.3. The highest BCUT2D eigenvalue weighted by Gasteiger charge is 2.43. The minimum atomic E-state index is -2.87. The fourth-order valence-electron chi connectivity index (χ4n) is 8.58. The Morgan fingerprint density at radius 2 is 1.06 bits per heavy atom. The second kappa shape index (κ2) is 28.8. The van der Waals surface area contributed by atoms with E-state index in [9.17, 15) is 36.7 Å². The molecule has 4 aliphatic rings. The van der Waals surface area contributed by atoms with Gasteiger partial charge in [-0.05, 0) is 110 Å². The number of aromatic nitrogens is 4. The lowest BCUT2D eigenvalue weighted by Crippen LogP contribution is -2.55. The van der Waals surface area contributed by atoms with Crippen LogP contribution in [0.25, 0.3) is 22.3 Å². The van der Waals surface area contributed by atoms with Gasteiger partial charge in [0.25, 0.3) is 0 Å². The van der Waals surface area contributed by atoms with Gasteiger partial charge in [-0.1, -0.05) is 36.4 Å². The SMILES string of the molecule is Cc1ccc(Nc2ncc(-c3ccc(OC(F)F)cc3)cn2)cc1N.Cc1ccc(Nc2ncc(-c3ccc(OC(F)F)cc3)cn2)cc1NC(=O)C1CC(=O)N(C2CC2)C1.O=C(O)C1CC(=O)N(C2CC2)C1.[B][B]B(B([B])[B])B([B])[B]. The topological polar surface area (TPSA) is 227 Å². The van der Waals surface area contributed by atoms with Gasteiger partial charge in [0.15, 0.2) is 0 Å². The summed E-state index contributed by atoms with van der Waals surface area (Å²) in [5, 5.41) is 17.8. The molecule has 0 bridgehead atoms. The average Bonchev–Trinajstić information content (AvgIpc) is 4.53. The molecule has 2 saturated heterocycles. The zero-order chi connectivity index (χ0) is 59.2. The predicted molar refractivity (Wildman–Crippen MR) is 315 cm³/mol. The van der Waals surface area contributed by atoms with E-state index in [1.807, 2.05) is 55.1 Å². The molecular weight excluding hydrogens is 1050 g/mol. The number of carbonyl (C=O) groups is 4. The third kappa shape index (κ3) is 18.1. The fourth-order valence-corrected chi connectivity index (χ4v) is 8.58. The van der Waals surface area contributed by atoms with Crippen LogP contribution in [0.3, 0.4) is 0 Å². The van der Waals surface area contributed by atoms with Crippen molar-refractivity contribution in [1.82, 2.24) is 29.7 Å². The normalized spacial score (nSPS) is 16.1. The lowest BCUT2D eigenvalue weighted by Gasteiger charge is -2.17. The quantitative estimate of drug-likeness (QED) is 0.0391. The van der Waals surface area contributed by atoms with Gasteiger partial charge in [0.1, 0.15) is 11.5 Å². The molecule has 30 heteroatoms. The number of anilines is 6. The first kappa shape index (κ1) is 61.8. The smallest absolute Gasteiger partial charge is 0.387 e. The van der Waals surface area contributed by atoms with Gasteiger partial charge in [-0.3, -0.25) is 19.2 Å². The zero-order valence-electron chi connectivity index (χ0n) is 44.9. The molecule has 2 saturated carbocycles. The number of amides is 3. The van der Waals surface area contributed by atoms with Crippen molar-refractivity contribution in [3.05, 3.63) is 121 Å². The molecule has 2 unspecified atom stereocenters. The molecular formula is C52H52B9F4N10O7. The first-order chi connectivity index (χ1) is 39.1. The molecule has 6 aromatic rings. The number of rotatable bonds is 18. The molecule has 82 heavy (non-hydrogen) atoms. The summed E-state index contributed by atoms with van der Waals surface area (Å²) < 4.78 is 57.6. The summed E-state index contributed by atoms with van der Waals surface area (Å²) in [5.74, 6) is -0.746. The standard InChI is InChI=1S/C26H25F2N5O3.C18H16F2N4O.C8H11NO3.B9/c1-15-2-5-19(11-22(15)32-24(35)17-10-23(34)33(14-17)20-6-7-20)31-26-29-12-18(13-30-26)16-3-8-21(9-4-16)36-25(27)28;1-11-2-5-14(8-16(11)21)24-18-22-9-13(10-23-18)12-3-6-15(7-4-12)25-17(19)20;10-7-3-5(8(11)12)4-9(7)6-1-2-6;1-6-9(7(2)3)8(4)5/h2-5,8-9,11-13,17,20,25H,6-7,10,14H2,1H3,(H,32,35)(H,29,30,31);2-10,17H,21H2,1H3,(H,22,23,24);5-6H,1-4H2,(H,11,12);. The van der Waals surface area contributed by atoms with E-state index in [1.165, 1.54) is 31.3 Å². The van der Waals surface area contributed by atoms with E-state index >= 15 is 0 Å². The van der Waals surface area contributed by atoms with Crippen molar-refractivity contribution in [3.63, 3.8) is 0 Å². The number of carboxylic acids is 1. The van der Waals surface area contributed by atoms with Crippen LogP contribution in [0.15, 0.2) is 110 Å². The van der Waals surface area contributed by atoms with Crippen molar-refractivity contribution in [2.45, 2.75) is 77.7 Å². The maximum Gasteiger partial charge on any atom is 0.387 e. The summed E-state index contributed by atoms with van der Waals surface area (Å²) in [4.78, 5) is 67.6. The zero-order valence-corrected chi connectivity index (χ0v) is 44.9.